The van der Waals surface area contributed by atoms with Crippen LogP contribution in [0.15, 0.2) is 58.2 Å². The smallest absolute Gasteiger partial charge is 0.282 e. The molecule has 1 aromatic heterocycles. The molecule has 0 fully saturated rings. The lowest BCUT2D eigenvalue weighted by Gasteiger charge is -2.29. The third-order valence-corrected chi connectivity index (χ3v) is 5.27. The Morgan fingerprint density at radius 1 is 1.18 bits per heavy atom. The normalized spacial score (nSPS) is 13.2. The van der Waals surface area contributed by atoms with Crippen molar-refractivity contribution in [2.45, 2.75) is 18.1 Å². The lowest BCUT2D eigenvalue weighted by atomic mass is 10.0. The highest BCUT2D eigenvalue weighted by molar-refractivity contribution is 7.99. The van der Waals surface area contributed by atoms with E-state index in [-0.39, 0.29) is 34.0 Å². The van der Waals surface area contributed by atoms with E-state index in [1.807, 2.05) is 24.3 Å². The third-order valence-electron chi connectivity index (χ3n) is 4.47. The van der Waals surface area contributed by atoms with Crippen molar-refractivity contribution in [3.8, 4) is 11.5 Å². The predicted octanol–water partition coefficient (Wildman–Crippen LogP) is 3.72. The maximum Gasteiger partial charge on any atom is 0.282 e. The van der Waals surface area contributed by atoms with Crippen molar-refractivity contribution in [1.82, 2.24) is 10.2 Å². The van der Waals surface area contributed by atoms with E-state index in [9.17, 15) is 14.9 Å². The van der Waals surface area contributed by atoms with E-state index in [0.717, 1.165) is 30.3 Å². The molecule has 0 bridgehead atoms. The summed E-state index contributed by atoms with van der Waals surface area (Å²) >= 11 is 1.13. The van der Waals surface area contributed by atoms with Crippen LogP contribution in [0.2, 0.25) is 0 Å². The number of aryl methyl sites for hydroxylation is 1. The average Bonchev–Trinajstić information content (AvgIpc) is 3.20. The summed E-state index contributed by atoms with van der Waals surface area (Å²) in [6.45, 7) is 0.682. The SMILES string of the molecule is O=C(CSc1nnc(-c2ccccc2[N+](=O)[O-])o1)N1CCCc2ccccc21. The van der Waals surface area contributed by atoms with Gasteiger partial charge in [-0.2, -0.15) is 0 Å². The first-order valence-corrected chi connectivity index (χ1v) is 9.70. The van der Waals surface area contributed by atoms with E-state index < -0.39 is 4.92 Å². The molecule has 9 heteroatoms. The van der Waals surface area contributed by atoms with Crippen LogP contribution < -0.4 is 4.90 Å². The summed E-state index contributed by atoms with van der Waals surface area (Å²) in [5.74, 6) is 0.167. The van der Waals surface area contributed by atoms with Crippen LogP contribution in [0, 0.1) is 10.1 Å². The van der Waals surface area contributed by atoms with Gasteiger partial charge in [0.1, 0.15) is 5.56 Å². The Morgan fingerprint density at radius 3 is 2.82 bits per heavy atom. The number of carbonyl (C=O) groups excluding carboxylic acids is 1. The molecule has 0 atom stereocenters. The number of para-hydroxylation sites is 2. The van der Waals surface area contributed by atoms with Gasteiger partial charge >= 0.3 is 0 Å². The first-order valence-electron chi connectivity index (χ1n) is 8.72. The lowest BCUT2D eigenvalue weighted by Crippen LogP contribution is -2.36. The fraction of sp³-hybridized carbons (Fsp3) is 0.211. The number of aromatic nitrogens is 2. The minimum atomic E-state index is -0.496. The van der Waals surface area contributed by atoms with Gasteiger partial charge < -0.3 is 9.32 Å². The number of nitro groups is 1. The molecule has 142 valence electrons. The monoisotopic (exact) mass is 396 g/mol. The molecule has 0 saturated carbocycles. The standard InChI is InChI=1S/C19H16N4O4S/c24-17(22-11-5-7-13-6-1-3-9-15(13)22)12-28-19-21-20-18(27-19)14-8-2-4-10-16(14)23(25)26/h1-4,6,8-10H,5,7,11-12H2. The number of hydrogen-bond donors (Lipinski definition) is 0. The number of rotatable bonds is 5. The maximum absolute atomic E-state index is 12.7. The Kier molecular flexibility index (Phi) is 5.07. The summed E-state index contributed by atoms with van der Waals surface area (Å²) in [6, 6.07) is 14.1. The Bertz CT molecular complexity index is 1040. The van der Waals surface area contributed by atoms with E-state index in [0.29, 0.717) is 6.54 Å². The number of hydrogen-bond acceptors (Lipinski definition) is 7. The topological polar surface area (TPSA) is 102 Å². The molecular weight excluding hydrogens is 380 g/mol. The molecule has 1 aliphatic rings. The fourth-order valence-electron chi connectivity index (χ4n) is 3.18. The van der Waals surface area contributed by atoms with Gasteiger partial charge in [0.15, 0.2) is 0 Å². The van der Waals surface area contributed by atoms with Gasteiger partial charge in [-0.05, 0) is 30.5 Å². The molecule has 0 unspecified atom stereocenters. The summed E-state index contributed by atoms with van der Waals surface area (Å²) in [4.78, 5) is 25.1. The van der Waals surface area contributed by atoms with Gasteiger partial charge in [-0.25, -0.2) is 0 Å². The molecule has 28 heavy (non-hydrogen) atoms. The average molecular weight is 396 g/mol. The van der Waals surface area contributed by atoms with Gasteiger partial charge in [-0.3, -0.25) is 14.9 Å². The van der Waals surface area contributed by atoms with Crippen molar-refractivity contribution in [3.63, 3.8) is 0 Å². The van der Waals surface area contributed by atoms with Crippen LogP contribution in [0.3, 0.4) is 0 Å². The maximum atomic E-state index is 12.7. The number of anilines is 1. The van der Waals surface area contributed by atoms with Crippen molar-refractivity contribution in [2.75, 3.05) is 17.2 Å². The quantitative estimate of drug-likeness (QED) is 0.368. The highest BCUT2D eigenvalue weighted by atomic mass is 32.2. The highest BCUT2D eigenvalue weighted by Crippen LogP contribution is 2.31. The molecule has 0 aliphatic carbocycles. The van der Waals surface area contributed by atoms with E-state index in [4.69, 9.17) is 4.42 Å². The van der Waals surface area contributed by atoms with Crippen LogP contribution >= 0.6 is 11.8 Å². The van der Waals surface area contributed by atoms with Gasteiger partial charge in [-0.15, -0.1) is 10.2 Å². The van der Waals surface area contributed by atoms with Crippen LogP contribution in [0.25, 0.3) is 11.5 Å². The highest BCUT2D eigenvalue weighted by Gasteiger charge is 2.24. The summed E-state index contributed by atoms with van der Waals surface area (Å²) < 4.78 is 5.53. The van der Waals surface area contributed by atoms with Gasteiger partial charge in [0.25, 0.3) is 16.8 Å². The van der Waals surface area contributed by atoms with E-state index >= 15 is 0 Å². The second kappa shape index (κ2) is 7.81. The number of benzene rings is 2. The molecule has 2 heterocycles. The molecule has 8 nitrogen and oxygen atoms in total. The molecule has 1 amide bonds. The van der Waals surface area contributed by atoms with E-state index in [2.05, 4.69) is 10.2 Å². The van der Waals surface area contributed by atoms with Crippen LogP contribution in [0.1, 0.15) is 12.0 Å². The number of thioether (sulfide) groups is 1. The van der Waals surface area contributed by atoms with Crippen molar-refractivity contribution < 1.29 is 14.1 Å². The Labute approximate surface area is 164 Å². The Hall–Kier alpha value is -3.20. The second-order valence-corrected chi connectivity index (χ2v) is 7.14. The van der Waals surface area contributed by atoms with Crippen molar-refractivity contribution >= 4 is 29.0 Å². The molecule has 0 saturated heterocycles. The van der Waals surface area contributed by atoms with Crippen LogP contribution in [0.4, 0.5) is 11.4 Å². The van der Waals surface area contributed by atoms with Crippen molar-refractivity contribution in [3.05, 3.63) is 64.2 Å². The number of carbonyl (C=O) groups is 1. The predicted molar refractivity (Wildman–Crippen MR) is 104 cm³/mol. The summed E-state index contributed by atoms with van der Waals surface area (Å²) in [5, 5.41) is 19.2. The largest absolute Gasteiger partial charge is 0.411 e. The molecule has 4 rings (SSSR count). The second-order valence-electron chi connectivity index (χ2n) is 6.21. The fourth-order valence-corrected chi connectivity index (χ4v) is 3.82. The Balaban J connectivity index is 1.46. The van der Waals surface area contributed by atoms with E-state index in [1.54, 1.807) is 23.1 Å². The summed E-state index contributed by atoms with van der Waals surface area (Å²) in [7, 11) is 0. The van der Waals surface area contributed by atoms with Crippen molar-refractivity contribution in [2.24, 2.45) is 0 Å². The number of nitrogens with zero attached hydrogens (tertiary/aromatic N) is 4. The summed E-state index contributed by atoms with van der Waals surface area (Å²) in [6.07, 6.45) is 1.89. The van der Waals surface area contributed by atoms with Crippen LogP contribution in [0.5, 0.6) is 0 Å². The first-order chi connectivity index (χ1) is 13.6. The minimum Gasteiger partial charge on any atom is -0.411 e. The number of nitro benzene ring substituents is 1. The zero-order valence-electron chi connectivity index (χ0n) is 14.8. The van der Waals surface area contributed by atoms with Gasteiger partial charge in [0.2, 0.25) is 5.91 Å². The van der Waals surface area contributed by atoms with Gasteiger partial charge in [-0.1, -0.05) is 42.1 Å². The molecule has 0 radical (unpaired) electrons. The first kappa shape index (κ1) is 18.2. The minimum absolute atomic E-state index is 0.0393. The molecule has 1 aliphatic heterocycles. The third kappa shape index (κ3) is 3.61. The summed E-state index contributed by atoms with van der Waals surface area (Å²) in [5.41, 5.74) is 2.26. The molecule has 2 aromatic carbocycles. The van der Waals surface area contributed by atoms with Crippen LogP contribution in [-0.2, 0) is 11.2 Å². The van der Waals surface area contributed by atoms with Crippen LogP contribution in [-0.4, -0.2) is 33.3 Å². The van der Waals surface area contributed by atoms with Crippen molar-refractivity contribution in [1.29, 1.82) is 0 Å². The molecule has 3 aromatic rings. The Morgan fingerprint density at radius 2 is 1.96 bits per heavy atom. The molecular formula is C19H16N4O4S. The number of amides is 1. The zero-order valence-corrected chi connectivity index (χ0v) is 15.6. The number of fused-ring (bicyclic) bond motifs is 1. The van der Waals surface area contributed by atoms with E-state index in [1.165, 1.54) is 11.6 Å². The lowest BCUT2D eigenvalue weighted by molar-refractivity contribution is -0.384. The zero-order chi connectivity index (χ0) is 19.5. The van der Waals surface area contributed by atoms with Gasteiger partial charge in [0, 0.05) is 18.3 Å². The van der Waals surface area contributed by atoms with Gasteiger partial charge in [0.05, 0.1) is 10.7 Å². The molecule has 0 N–H and O–H groups in total. The molecule has 0 spiro atoms.